The van der Waals surface area contributed by atoms with E-state index in [0.717, 1.165) is 24.1 Å². The molecule has 2 aromatic rings. The molecule has 3 rings (SSSR count). The molecule has 1 aromatic heterocycles. The van der Waals surface area contributed by atoms with Crippen LogP contribution in [-0.2, 0) is 0 Å². The van der Waals surface area contributed by atoms with Crippen molar-refractivity contribution in [3.8, 4) is 5.75 Å². The molecule has 0 unspecified atom stereocenters. The Morgan fingerprint density at radius 3 is 2.69 bits per heavy atom. The Balaban J connectivity index is 1.70. The van der Waals surface area contributed by atoms with Crippen molar-refractivity contribution in [2.24, 2.45) is 0 Å². The Morgan fingerprint density at radius 2 is 2.04 bits per heavy atom. The average Bonchev–Trinajstić information content (AvgIpc) is 3.04. The summed E-state index contributed by atoms with van der Waals surface area (Å²) in [5.74, 6) is 1.64. The second-order valence-corrected chi connectivity index (χ2v) is 7.00. The number of para-hydroxylation sites is 1. The smallest absolute Gasteiger partial charge is 0.257 e. The first-order chi connectivity index (χ1) is 12.5. The number of carbonyl (C=O) groups is 1. The van der Waals surface area contributed by atoms with Crippen LogP contribution in [0.25, 0.3) is 0 Å². The van der Waals surface area contributed by atoms with Gasteiger partial charge in [-0.05, 0) is 37.8 Å². The number of hydrogen-bond donors (Lipinski definition) is 1. The molecule has 140 valence electrons. The van der Waals surface area contributed by atoms with Gasteiger partial charge in [-0.3, -0.25) is 4.79 Å². The number of carbonyl (C=O) groups excluding carboxylic acids is 1. The van der Waals surface area contributed by atoms with Crippen molar-refractivity contribution in [1.29, 1.82) is 0 Å². The summed E-state index contributed by atoms with van der Waals surface area (Å²) in [7, 11) is 0. The summed E-state index contributed by atoms with van der Waals surface area (Å²) < 4.78 is 10.8. The number of rotatable bonds is 5. The topological polar surface area (TPSA) is 81.6 Å². The number of nitrogens with two attached hydrogens (primary N) is 1. The Morgan fingerprint density at radius 1 is 1.35 bits per heavy atom. The third-order valence-corrected chi connectivity index (χ3v) is 4.95. The van der Waals surface area contributed by atoms with Crippen molar-refractivity contribution in [3.05, 3.63) is 41.1 Å². The number of nitrogens with zero attached hydrogens (tertiary/aromatic N) is 2. The standard InChI is InChI=1S/C20H27N3O3/c1-4-25-16-8-6-5-7-15(16)20(24)23-11-9-14(10-12-23)18-17(13(2)3)19(21)26-22-18/h5-8,13-14H,4,9-12,21H2,1-3H3. The van der Waals surface area contributed by atoms with E-state index in [0.29, 0.717) is 36.9 Å². The number of piperidine rings is 1. The molecule has 2 N–H and O–H groups in total. The molecule has 1 saturated heterocycles. The third-order valence-electron chi connectivity index (χ3n) is 4.95. The molecule has 1 amide bonds. The summed E-state index contributed by atoms with van der Waals surface area (Å²) in [4.78, 5) is 14.8. The number of likely N-dealkylation sites (tertiary alicyclic amines) is 1. The Kier molecular flexibility index (Phi) is 5.49. The molecule has 0 bridgehead atoms. The maximum atomic E-state index is 12.9. The molecule has 1 fully saturated rings. The molecule has 0 radical (unpaired) electrons. The van der Waals surface area contributed by atoms with Crippen molar-refractivity contribution < 1.29 is 14.1 Å². The molecule has 1 aliphatic heterocycles. The van der Waals surface area contributed by atoms with Crippen molar-refractivity contribution in [3.63, 3.8) is 0 Å². The van der Waals surface area contributed by atoms with E-state index < -0.39 is 0 Å². The lowest BCUT2D eigenvalue weighted by atomic mass is 9.88. The molecule has 2 heterocycles. The number of amides is 1. The number of hydrogen-bond acceptors (Lipinski definition) is 5. The van der Waals surface area contributed by atoms with Gasteiger partial charge in [0.15, 0.2) is 0 Å². The zero-order valence-electron chi connectivity index (χ0n) is 15.7. The minimum atomic E-state index is 0.0243. The highest BCUT2D eigenvalue weighted by atomic mass is 16.5. The fraction of sp³-hybridized carbons (Fsp3) is 0.500. The summed E-state index contributed by atoms with van der Waals surface area (Å²) in [6, 6.07) is 7.43. The Hall–Kier alpha value is -2.50. The van der Waals surface area contributed by atoms with Crippen LogP contribution in [0.4, 0.5) is 5.88 Å². The lowest BCUT2D eigenvalue weighted by Gasteiger charge is -2.32. The molecule has 6 heteroatoms. The molecule has 0 saturated carbocycles. The second-order valence-electron chi connectivity index (χ2n) is 7.00. The van der Waals surface area contributed by atoms with E-state index in [1.165, 1.54) is 0 Å². The number of benzene rings is 1. The Labute approximate surface area is 154 Å². The molecule has 6 nitrogen and oxygen atoms in total. The van der Waals surface area contributed by atoms with Crippen molar-refractivity contribution in [2.75, 3.05) is 25.4 Å². The van der Waals surface area contributed by atoms with Gasteiger partial charge in [-0.1, -0.05) is 31.1 Å². The van der Waals surface area contributed by atoms with Gasteiger partial charge in [0.25, 0.3) is 5.91 Å². The first kappa shape index (κ1) is 18.3. The fourth-order valence-electron chi connectivity index (χ4n) is 3.65. The first-order valence-electron chi connectivity index (χ1n) is 9.28. The van der Waals surface area contributed by atoms with E-state index in [2.05, 4.69) is 19.0 Å². The zero-order chi connectivity index (χ0) is 18.7. The quantitative estimate of drug-likeness (QED) is 0.880. The highest BCUT2D eigenvalue weighted by Crippen LogP contribution is 2.36. The van der Waals surface area contributed by atoms with Crippen molar-refractivity contribution in [1.82, 2.24) is 10.1 Å². The summed E-state index contributed by atoms with van der Waals surface area (Å²) in [5.41, 5.74) is 8.53. The molecular weight excluding hydrogens is 330 g/mol. The molecule has 0 aliphatic carbocycles. The van der Waals surface area contributed by atoms with Crippen LogP contribution < -0.4 is 10.5 Å². The van der Waals surface area contributed by atoms with Gasteiger partial charge in [-0.25, -0.2) is 0 Å². The molecule has 1 aliphatic rings. The van der Waals surface area contributed by atoms with Crippen molar-refractivity contribution >= 4 is 11.8 Å². The minimum absolute atomic E-state index is 0.0243. The minimum Gasteiger partial charge on any atom is -0.493 e. The summed E-state index contributed by atoms with van der Waals surface area (Å²) in [6.45, 7) is 8.02. The van der Waals surface area contributed by atoms with Gasteiger partial charge >= 0.3 is 0 Å². The van der Waals surface area contributed by atoms with Crippen LogP contribution >= 0.6 is 0 Å². The van der Waals surface area contributed by atoms with Gasteiger partial charge in [0.1, 0.15) is 5.75 Å². The summed E-state index contributed by atoms with van der Waals surface area (Å²) in [5, 5.41) is 4.20. The summed E-state index contributed by atoms with van der Waals surface area (Å²) in [6.07, 6.45) is 1.71. The predicted molar refractivity (Wildman–Crippen MR) is 100 cm³/mol. The largest absolute Gasteiger partial charge is 0.493 e. The third kappa shape index (κ3) is 3.54. The maximum Gasteiger partial charge on any atom is 0.257 e. The molecule has 0 atom stereocenters. The Bertz CT molecular complexity index is 761. The van der Waals surface area contributed by atoms with Crippen LogP contribution in [0.5, 0.6) is 5.75 Å². The fourth-order valence-corrected chi connectivity index (χ4v) is 3.65. The lowest BCUT2D eigenvalue weighted by molar-refractivity contribution is 0.0707. The van der Waals surface area contributed by atoms with E-state index in [1.807, 2.05) is 36.1 Å². The van der Waals surface area contributed by atoms with Gasteiger partial charge in [0, 0.05) is 24.6 Å². The average molecular weight is 357 g/mol. The number of anilines is 1. The molecule has 1 aromatic carbocycles. The highest BCUT2D eigenvalue weighted by Gasteiger charge is 2.30. The van der Waals surface area contributed by atoms with E-state index in [-0.39, 0.29) is 17.7 Å². The van der Waals surface area contributed by atoms with Gasteiger partial charge < -0.3 is 19.9 Å². The predicted octanol–water partition coefficient (Wildman–Crippen LogP) is 3.80. The normalized spacial score (nSPS) is 15.5. The SMILES string of the molecule is CCOc1ccccc1C(=O)N1CCC(c2noc(N)c2C(C)C)CC1. The van der Waals surface area contributed by atoms with Gasteiger partial charge in [-0.15, -0.1) is 0 Å². The van der Waals surface area contributed by atoms with E-state index in [9.17, 15) is 4.79 Å². The number of aromatic nitrogens is 1. The monoisotopic (exact) mass is 357 g/mol. The number of nitrogen functional groups attached to an aromatic ring is 1. The molecule has 0 spiro atoms. The first-order valence-corrected chi connectivity index (χ1v) is 9.28. The molecular formula is C20H27N3O3. The van der Waals surface area contributed by atoms with Gasteiger partial charge in [0.2, 0.25) is 5.88 Å². The van der Waals surface area contributed by atoms with Crippen LogP contribution in [-0.4, -0.2) is 35.7 Å². The lowest BCUT2D eigenvalue weighted by Crippen LogP contribution is -2.38. The van der Waals surface area contributed by atoms with E-state index >= 15 is 0 Å². The number of ether oxygens (including phenoxy) is 1. The van der Waals surface area contributed by atoms with Gasteiger partial charge in [-0.2, -0.15) is 0 Å². The van der Waals surface area contributed by atoms with Crippen LogP contribution in [0.2, 0.25) is 0 Å². The van der Waals surface area contributed by atoms with Crippen LogP contribution in [0.3, 0.4) is 0 Å². The second kappa shape index (κ2) is 7.81. The van der Waals surface area contributed by atoms with Crippen LogP contribution in [0.1, 0.15) is 67.1 Å². The zero-order valence-corrected chi connectivity index (χ0v) is 15.7. The maximum absolute atomic E-state index is 12.9. The van der Waals surface area contributed by atoms with Crippen molar-refractivity contribution in [2.45, 2.75) is 45.4 Å². The highest BCUT2D eigenvalue weighted by molar-refractivity contribution is 5.97. The van der Waals surface area contributed by atoms with E-state index in [4.69, 9.17) is 15.0 Å². The van der Waals surface area contributed by atoms with E-state index in [1.54, 1.807) is 0 Å². The summed E-state index contributed by atoms with van der Waals surface area (Å²) >= 11 is 0. The van der Waals surface area contributed by atoms with Gasteiger partial charge in [0.05, 0.1) is 17.9 Å². The van der Waals surface area contributed by atoms with Crippen LogP contribution in [0, 0.1) is 0 Å². The van der Waals surface area contributed by atoms with Crippen LogP contribution in [0.15, 0.2) is 28.8 Å². The molecule has 26 heavy (non-hydrogen) atoms.